The fraction of sp³-hybridized carbons (Fsp3) is 0.529. The van der Waals surface area contributed by atoms with Crippen LogP contribution in [-0.4, -0.2) is 11.6 Å². The third-order valence-electron chi connectivity index (χ3n) is 5.89. The molecule has 1 N–H and O–H groups in total. The molecule has 0 radical (unpaired) electrons. The molecule has 0 saturated heterocycles. The van der Waals surface area contributed by atoms with E-state index in [1.807, 2.05) is 18.2 Å². The van der Waals surface area contributed by atoms with Crippen LogP contribution in [0.3, 0.4) is 0 Å². The van der Waals surface area contributed by atoms with Crippen LogP contribution in [0.25, 0.3) is 0 Å². The smallest absolute Gasteiger partial charge is 0.267 e. The van der Waals surface area contributed by atoms with Crippen LogP contribution in [0, 0.1) is 16.7 Å². The van der Waals surface area contributed by atoms with Gasteiger partial charge in [-0.1, -0.05) is 42.8 Å². The standard InChI is InChI=1S/C17H21BrN2O/c1-16(2)12-7-8-17(16,3)14(10-12)19-20-15(21)11-5-4-6-13(18)9-11/h4-6,9,12H,7-8,10H2,1-3H3,(H,20,21)/b19-14+/t12-,17+/m1/s1. The highest BCUT2D eigenvalue weighted by atomic mass is 79.9. The minimum atomic E-state index is -0.145. The first kappa shape index (κ1) is 14.8. The zero-order valence-corrected chi connectivity index (χ0v) is 14.3. The fourth-order valence-electron chi connectivity index (χ4n) is 3.91. The van der Waals surface area contributed by atoms with E-state index in [1.54, 1.807) is 6.07 Å². The normalized spacial score (nSPS) is 31.6. The van der Waals surface area contributed by atoms with Crippen LogP contribution in [0.4, 0.5) is 0 Å². The maximum absolute atomic E-state index is 12.2. The summed E-state index contributed by atoms with van der Waals surface area (Å²) in [5, 5.41) is 4.48. The third-order valence-corrected chi connectivity index (χ3v) is 6.38. The molecule has 2 bridgehead atoms. The zero-order chi connectivity index (χ0) is 15.3. The van der Waals surface area contributed by atoms with Crippen molar-refractivity contribution in [3.63, 3.8) is 0 Å². The molecular formula is C17H21BrN2O. The summed E-state index contributed by atoms with van der Waals surface area (Å²) in [5.74, 6) is 0.553. The SMILES string of the molecule is CC1(C)[C@@H]2CC[C@@]1(C)/C(=N/NC(=O)c1cccc(Br)c1)C2. The topological polar surface area (TPSA) is 41.5 Å². The molecule has 3 nitrogen and oxygen atoms in total. The lowest BCUT2D eigenvalue weighted by Gasteiger charge is -2.34. The number of carbonyl (C=O) groups is 1. The Morgan fingerprint density at radius 3 is 2.71 bits per heavy atom. The largest absolute Gasteiger partial charge is 0.271 e. The van der Waals surface area contributed by atoms with Gasteiger partial charge in [-0.3, -0.25) is 4.79 Å². The van der Waals surface area contributed by atoms with Gasteiger partial charge in [-0.25, -0.2) is 5.43 Å². The van der Waals surface area contributed by atoms with Crippen molar-refractivity contribution in [2.45, 2.75) is 40.0 Å². The van der Waals surface area contributed by atoms with Gasteiger partial charge in [0.2, 0.25) is 0 Å². The van der Waals surface area contributed by atoms with Crippen molar-refractivity contribution in [1.82, 2.24) is 5.43 Å². The Labute approximate surface area is 134 Å². The number of nitrogens with one attached hydrogen (secondary N) is 1. The molecule has 1 aromatic rings. The number of benzene rings is 1. The van der Waals surface area contributed by atoms with Crippen molar-refractivity contribution < 1.29 is 4.79 Å². The number of nitrogens with zero attached hydrogens (tertiary/aromatic N) is 1. The van der Waals surface area contributed by atoms with Gasteiger partial charge in [-0.15, -0.1) is 0 Å². The van der Waals surface area contributed by atoms with E-state index in [0.717, 1.165) is 16.6 Å². The number of hydrogen-bond acceptors (Lipinski definition) is 2. The minimum Gasteiger partial charge on any atom is -0.267 e. The summed E-state index contributed by atoms with van der Waals surface area (Å²) in [5.41, 5.74) is 4.94. The average Bonchev–Trinajstić information content (AvgIpc) is 2.77. The molecule has 3 rings (SSSR count). The average molecular weight is 349 g/mol. The van der Waals surface area contributed by atoms with Gasteiger partial charge < -0.3 is 0 Å². The van der Waals surface area contributed by atoms with E-state index in [2.05, 4.69) is 47.2 Å². The second-order valence-electron chi connectivity index (χ2n) is 7.00. The maximum Gasteiger partial charge on any atom is 0.271 e. The summed E-state index contributed by atoms with van der Waals surface area (Å²) >= 11 is 3.38. The molecule has 1 amide bonds. The van der Waals surface area contributed by atoms with E-state index in [4.69, 9.17) is 0 Å². The first-order valence-corrected chi connectivity index (χ1v) is 8.27. The first-order valence-electron chi connectivity index (χ1n) is 7.47. The molecule has 1 aromatic carbocycles. The molecular weight excluding hydrogens is 328 g/mol. The highest BCUT2D eigenvalue weighted by molar-refractivity contribution is 9.10. The van der Waals surface area contributed by atoms with Gasteiger partial charge in [0.1, 0.15) is 0 Å². The zero-order valence-electron chi connectivity index (χ0n) is 12.7. The fourth-order valence-corrected chi connectivity index (χ4v) is 4.31. The Morgan fingerprint density at radius 2 is 2.14 bits per heavy atom. The molecule has 2 aliphatic rings. The van der Waals surface area contributed by atoms with Gasteiger partial charge in [0.25, 0.3) is 5.91 Å². The van der Waals surface area contributed by atoms with Crippen LogP contribution in [-0.2, 0) is 0 Å². The van der Waals surface area contributed by atoms with Crippen molar-refractivity contribution in [3.05, 3.63) is 34.3 Å². The highest BCUT2D eigenvalue weighted by Gasteiger charge is 2.59. The predicted molar refractivity (Wildman–Crippen MR) is 88.3 cm³/mol. The monoisotopic (exact) mass is 348 g/mol. The Balaban J connectivity index is 1.77. The van der Waals surface area contributed by atoms with Gasteiger partial charge in [0, 0.05) is 21.2 Å². The van der Waals surface area contributed by atoms with Crippen LogP contribution in [0.2, 0.25) is 0 Å². The number of amides is 1. The number of hydrazone groups is 1. The van der Waals surface area contributed by atoms with E-state index < -0.39 is 0 Å². The number of carbonyl (C=O) groups excluding carboxylic acids is 1. The summed E-state index contributed by atoms with van der Waals surface area (Å²) in [7, 11) is 0. The van der Waals surface area contributed by atoms with Gasteiger partial charge in [-0.2, -0.15) is 5.10 Å². The molecule has 0 aliphatic heterocycles. The molecule has 2 fully saturated rings. The van der Waals surface area contributed by atoms with Gasteiger partial charge in [0.05, 0.1) is 0 Å². The molecule has 0 aromatic heterocycles. The van der Waals surface area contributed by atoms with Gasteiger partial charge >= 0.3 is 0 Å². The van der Waals surface area contributed by atoms with E-state index >= 15 is 0 Å². The Bertz CT molecular complexity index is 623. The summed E-state index contributed by atoms with van der Waals surface area (Å²) in [4.78, 5) is 12.2. The number of rotatable bonds is 2. The highest BCUT2D eigenvalue weighted by Crippen LogP contribution is 2.63. The number of hydrogen-bond donors (Lipinski definition) is 1. The lowest BCUT2D eigenvalue weighted by Crippen LogP contribution is -2.34. The molecule has 0 unspecified atom stereocenters. The Kier molecular flexibility index (Phi) is 3.47. The van der Waals surface area contributed by atoms with Crippen molar-refractivity contribution in [3.8, 4) is 0 Å². The van der Waals surface area contributed by atoms with Crippen LogP contribution in [0.15, 0.2) is 33.8 Å². The van der Waals surface area contributed by atoms with Crippen molar-refractivity contribution in [2.24, 2.45) is 21.8 Å². The summed E-state index contributed by atoms with van der Waals surface area (Å²) in [6, 6.07) is 7.37. The minimum absolute atomic E-state index is 0.127. The molecule has 0 heterocycles. The van der Waals surface area contributed by atoms with Crippen molar-refractivity contribution in [2.75, 3.05) is 0 Å². The molecule has 112 valence electrons. The molecule has 0 spiro atoms. The first-order chi connectivity index (χ1) is 9.84. The lowest BCUT2D eigenvalue weighted by molar-refractivity contribution is 0.0954. The number of halogens is 1. The molecule has 21 heavy (non-hydrogen) atoms. The van der Waals surface area contributed by atoms with E-state index in [1.165, 1.54) is 12.8 Å². The Morgan fingerprint density at radius 1 is 1.38 bits per heavy atom. The van der Waals surface area contributed by atoms with Gasteiger partial charge in [-0.05, 0) is 48.8 Å². The number of fused-ring (bicyclic) bond motifs is 2. The molecule has 2 saturated carbocycles. The Hall–Kier alpha value is -1.16. The summed E-state index contributed by atoms with van der Waals surface area (Å²) < 4.78 is 0.899. The van der Waals surface area contributed by atoms with Crippen LogP contribution >= 0.6 is 15.9 Å². The second kappa shape index (κ2) is 4.94. The molecule has 2 atom stereocenters. The second-order valence-corrected chi connectivity index (χ2v) is 7.92. The van der Waals surface area contributed by atoms with Crippen LogP contribution in [0.5, 0.6) is 0 Å². The third kappa shape index (κ3) is 2.24. The van der Waals surface area contributed by atoms with E-state index in [9.17, 15) is 4.79 Å². The summed E-state index contributed by atoms with van der Waals surface area (Å²) in [6.07, 6.45) is 3.47. The maximum atomic E-state index is 12.2. The predicted octanol–water partition coefficient (Wildman–Crippen LogP) is 4.38. The van der Waals surface area contributed by atoms with E-state index in [0.29, 0.717) is 11.5 Å². The van der Waals surface area contributed by atoms with Gasteiger partial charge in [0.15, 0.2) is 0 Å². The van der Waals surface area contributed by atoms with Crippen molar-refractivity contribution >= 4 is 27.5 Å². The van der Waals surface area contributed by atoms with Crippen LogP contribution < -0.4 is 5.43 Å². The lowest BCUT2D eigenvalue weighted by atomic mass is 9.70. The van der Waals surface area contributed by atoms with Crippen molar-refractivity contribution in [1.29, 1.82) is 0 Å². The van der Waals surface area contributed by atoms with E-state index in [-0.39, 0.29) is 16.7 Å². The molecule has 2 aliphatic carbocycles. The van der Waals surface area contributed by atoms with Crippen LogP contribution in [0.1, 0.15) is 50.4 Å². The quantitative estimate of drug-likeness (QED) is 0.791. The molecule has 4 heteroatoms. The summed E-state index contributed by atoms with van der Waals surface area (Å²) in [6.45, 7) is 6.97.